The molecule has 140 valence electrons. The minimum Gasteiger partial charge on any atom is -0.484 e. The predicted molar refractivity (Wildman–Crippen MR) is 104 cm³/mol. The molecule has 0 N–H and O–H groups in total. The Bertz CT molecular complexity index is 1020. The molecular weight excluding hydrogens is 364 g/mol. The minimum atomic E-state index is -0.381. The third kappa shape index (κ3) is 4.83. The SMILES string of the molecule is COC(=O)CCn1c(=NC(=O)COc2ccccc2)sc2cc(C)ccc21. The van der Waals surface area contributed by atoms with Gasteiger partial charge in [0.05, 0.1) is 23.7 Å². The van der Waals surface area contributed by atoms with E-state index in [1.54, 1.807) is 12.1 Å². The smallest absolute Gasteiger partial charge is 0.307 e. The van der Waals surface area contributed by atoms with Crippen molar-refractivity contribution in [1.82, 2.24) is 4.57 Å². The number of fused-ring (bicyclic) bond motifs is 1. The molecule has 27 heavy (non-hydrogen) atoms. The minimum absolute atomic E-state index is 0.145. The molecule has 2 aromatic carbocycles. The number of methoxy groups -OCH3 is 1. The molecule has 0 fully saturated rings. The second kappa shape index (κ2) is 8.64. The molecule has 1 amide bonds. The van der Waals surface area contributed by atoms with Gasteiger partial charge in [0.25, 0.3) is 5.91 Å². The summed E-state index contributed by atoms with van der Waals surface area (Å²) < 4.78 is 13.1. The highest BCUT2D eigenvalue weighted by Crippen LogP contribution is 2.19. The number of thiazole rings is 1. The summed E-state index contributed by atoms with van der Waals surface area (Å²) >= 11 is 1.42. The van der Waals surface area contributed by atoms with Crippen molar-refractivity contribution >= 4 is 33.4 Å². The van der Waals surface area contributed by atoms with Crippen LogP contribution in [0.4, 0.5) is 0 Å². The van der Waals surface area contributed by atoms with Crippen molar-refractivity contribution in [1.29, 1.82) is 0 Å². The van der Waals surface area contributed by atoms with Gasteiger partial charge >= 0.3 is 5.97 Å². The monoisotopic (exact) mass is 384 g/mol. The van der Waals surface area contributed by atoms with Gasteiger partial charge < -0.3 is 14.0 Å². The summed E-state index contributed by atoms with van der Waals surface area (Å²) in [6.07, 6.45) is 0.206. The van der Waals surface area contributed by atoms with Crippen LogP contribution in [0.3, 0.4) is 0 Å². The van der Waals surface area contributed by atoms with Crippen LogP contribution in [0.25, 0.3) is 10.2 Å². The summed E-state index contributed by atoms with van der Waals surface area (Å²) in [5.41, 5.74) is 2.05. The molecule has 0 aliphatic heterocycles. The van der Waals surface area contributed by atoms with Gasteiger partial charge in [-0.25, -0.2) is 0 Å². The molecule has 0 saturated heterocycles. The Morgan fingerprint density at radius 3 is 2.67 bits per heavy atom. The first kappa shape index (κ1) is 18.8. The molecule has 1 heterocycles. The average molecular weight is 384 g/mol. The number of hydrogen-bond donors (Lipinski definition) is 0. The standard InChI is InChI=1S/C20H20N2O4S/c1-14-8-9-16-17(12-14)27-20(22(16)11-10-19(24)25-2)21-18(23)13-26-15-6-4-3-5-7-15/h3-9,12H,10-11,13H2,1-2H3. The van der Waals surface area contributed by atoms with E-state index >= 15 is 0 Å². The van der Waals surface area contributed by atoms with Crippen LogP contribution in [-0.4, -0.2) is 30.2 Å². The first-order valence-corrected chi connectivity index (χ1v) is 9.30. The fourth-order valence-electron chi connectivity index (χ4n) is 2.59. The van der Waals surface area contributed by atoms with E-state index in [4.69, 9.17) is 9.47 Å². The van der Waals surface area contributed by atoms with E-state index < -0.39 is 0 Å². The zero-order chi connectivity index (χ0) is 19.2. The van der Waals surface area contributed by atoms with Crippen molar-refractivity contribution in [3.63, 3.8) is 0 Å². The lowest BCUT2D eigenvalue weighted by atomic mass is 10.2. The number of amides is 1. The zero-order valence-electron chi connectivity index (χ0n) is 15.2. The van der Waals surface area contributed by atoms with Crippen LogP contribution in [0.2, 0.25) is 0 Å². The van der Waals surface area contributed by atoms with Gasteiger partial charge in [-0.1, -0.05) is 35.6 Å². The third-order valence-electron chi connectivity index (χ3n) is 3.93. The van der Waals surface area contributed by atoms with Crippen molar-refractivity contribution in [2.24, 2.45) is 4.99 Å². The number of benzene rings is 2. The highest BCUT2D eigenvalue weighted by atomic mass is 32.1. The molecule has 0 saturated carbocycles. The first-order chi connectivity index (χ1) is 13.1. The number of rotatable bonds is 6. The summed E-state index contributed by atoms with van der Waals surface area (Å²) in [6, 6.07) is 15.1. The van der Waals surface area contributed by atoms with Gasteiger partial charge in [-0.2, -0.15) is 4.99 Å². The number of carbonyl (C=O) groups is 2. The summed E-state index contributed by atoms with van der Waals surface area (Å²) in [5, 5.41) is 0. The van der Waals surface area contributed by atoms with Gasteiger partial charge in [-0.3, -0.25) is 9.59 Å². The number of esters is 1. The molecule has 0 unspecified atom stereocenters. The van der Waals surface area contributed by atoms with E-state index in [0.29, 0.717) is 17.1 Å². The highest BCUT2D eigenvalue weighted by Gasteiger charge is 2.11. The number of aromatic nitrogens is 1. The van der Waals surface area contributed by atoms with Gasteiger partial charge in [0, 0.05) is 6.54 Å². The van der Waals surface area contributed by atoms with Crippen LogP contribution in [0.5, 0.6) is 5.75 Å². The van der Waals surface area contributed by atoms with Gasteiger partial charge in [-0.15, -0.1) is 0 Å². The average Bonchev–Trinajstić information content (AvgIpc) is 3.01. The summed E-state index contributed by atoms with van der Waals surface area (Å²) in [4.78, 5) is 28.6. The van der Waals surface area contributed by atoms with Crippen molar-refractivity contribution in [3.05, 3.63) is 58.9 Å². The molecule has 0 atom stereocenters. The van der Waals surface area contributed by atoms with Gasteiger partial charge in [-0.05, 0) is 36.8 Å². The van der Waals surface area contributed by atoms with Crippen LogP contribution < -0.4 is 9.54 Å². The van der Waals surface area contributed by atoms with Gasteiger partial charge in [0.15, 0.2) is 11.4 Å². The lowest BCUT2D eigenvalue weighted by Crippen LogP contribution is -2.21. The fourth-order valence-corrected chi connectivity index (χ4v) is 3.76. The van der Waals surface area contributed by atoms with Crippen molar-refractivity contribution in [2.45, 2.75) is 19.9 Å². The maximum absolute atomic E-state index is 12.3. The largest absolute Gasteiger partial charge is 0.484 e. The van der Waals surface area contributed by atoms with Crippen molar-refractivity contribution < 1.29 is 19.1 Å². The molecule has 0 bridgehead atoms. The molecule has 0 spiro atoms. The number of ether oxygens (including phenoxy) is 2. The van der Waals surface area contributed by atoms with E-state index in [0.717, 1.165) is 15.8 Å². The predicted octanol–water partition coefficient (Wildman–Crippen LogP) is 3.08. The Morgan fingerprint density at radius 2 is 1.93 bits per heavy atom. The first-order valence-electron chi connectivity index (χ1n) is 8.49. The van der Waals surface area contributed by atoms with E-state index in [2.05, 4.69) is 4.99 Å². The van der Waals surface area contributed by atoms with Crippen LogP contribution in [0.15, 0.2) is 53.5 Å². The molecule has 1 aromatic heterocycles. The summed E-state index contributed by atoms with van der Waals surface area (Å²) in [6.45, 7) is 2.25. The Morgan fingerprint density at radius 1 is 1.15 bits per heavy atom. The van der Waals surface area contributed by atoms with Crippen molar-refractivity contribution in [3.8, 4) is 5.75 Å². The molecular formula is C20H20N2O4S. The number of para-hydroxylation sites is 1. The molecule has 3 rings (SSSR count). The zero-order valence-corrected chi connectivity index (χ0v) is 16.0. The fraction of sp³-hybridized carbons (Fsp3) is 0.250. The lowest BCUT2D eigenvalue weighted by molar-refractivity contribution is -0.140. The van der Waals surface area contributed by atoms with E-state index in [1.165, 1.54) is 18.4 Å². The molecule has 0 aliphatic carbocycles. The quantitative estimate of drug-likeness (QED) is 0.613. The highest BCUT2D eigenvalue weighted by molar-refractivity contribution is 7.16. The second-order valence-corrected chi connectivity index (χ2v) is 6.95. The number of aryl methyl sites for hydroxylation is 2. The van der Waals surface area contributed by atoms with Crippen LogP contribution in [0.1, 0.15) is 12.0 Å². The molecule has 3 aromatic rings. The third-order valence-corrected chi connectivity index (χ3v) is 4.97. The molecule has 0 aliphatic rings. The van der Waals surface area contributed by atoms with Gasteiger partial charge in [0.2, 0.25) is 0 Å². The summed E-state index contributed by atoms with van der Waals surface area (Å²) in [7, 11) is 1.36. The van der Waals surface area contributed by atoms with Gasteiger partial charge in [0.1, 0.15) is 5.75 Å². The molecule has 6 nitrogen and oxygen atoms in total. The van der Waals surface area contributed by atoms with E-state index in [9.17, 15) is 9.59 Å². The number of hydrogen-bond acceptors (Lipinski definition) is 5. The molecule has 7 heteroatoms. The van der Waals surface area contributed by atoms with Crippen LogP contribution in [0, 0.1) is 6.92 Å². The topological polar surface area (TPSA) is 69.9 Å². The maximum atomic E-state index is 12.3. The number of nitrogens with zero attached hydrogens (tertiary/aromatic N) is 2. The summed E-state index contributed by atoms with van der Waals surface area (Å²) in [5.74, 6) is -0.0702. The second-order valence-electron chi connectivity index (χ2n) is 5.94. The normalized spacial score (nSPS) is 11.6. The van der Waals surface area contributed by atoms with E-state index in [1.807, 2.05) is 47.9 Å². The molecule has 0 radical (unpaired) electrons. The Labute approximate surface area is 160 Å². The Hall–Kier alpha value is -2.93. The Balaban J connectivity index is 1.87. The van der Waals surface area contributed by atoms with E-state index in [-0.39, 0.29) is 24.9 Å². The Kier molecular flexibility index (Phi) is 6.03. The maximum Gasteiger partial charge on any atom is 0.307 e. The van der Waals surface area contributed by atoms with Crippen molar-refractivity contribution in [2.75, 3.05) is 13.7 Å². The number of carbonyl (C=O) groups excluding carboxylic acids is 2. The van der Waals surface area contributed by atoms with Crippen LogP contribution >= 0.6 is 11.3 Å². The van der Waals surface area contributed by atoms with Crippen LogP contribution in [-0.2, 0) is 20.9 Å². The lowest BCUT2D eigenvalue weighted by Gasteiger charge is -2.05.